The third-order valence-corrected chi connectivity index (χ3v) is 6.97. The lowest BCUT2D eigenvalue weighted by molar-refractivity contribution is -0.145. The lowest BCUT2D eigenvalue weighted by atomic mass is 10.0. The number of carboxylic acids is 1. The number of aliphatic hydroxyl groups excluding tert-OH is 1. The van der Waals surface area contributed by atoms with Gasteiger partial charge in [-0.3, -0.25) is 14.4 Å². The van der Waals surface area contributed by atoms with Gasteiger partial charge in [0.2, 0.25) is 17.7 Å². The summed E-state index contributed by atoms with van der Waals surface area (Å²) >= 11 is 1.45. The van der Waals surface area contributed by atoms with Crippen molar-refractivity contribution in [3.63, 3.8) is 0 Å². The number of aromatic nitrogens is 1. The van der Waals surface area contributed by atoms with Crippen LogP contribution in [0.25, 0.3) is 10.9 Å². The topological polar surface area (TPSA) is 213 Å². The minimum Gasteiger partial charge on any atom is -0.480 e. The monoisotopic (exact) mass is 564 g/mol. The second-order valence-electron chi connectivity index (χ2n) is 9.42. The van der Waals surface area contributed by atoms with Crippen LogP contribution in [0.1, 0.15) is 38.2 Å². The lowest BCUT2D eigenvalue weighted by Crippen LogP contribution is -2.58. The Labute approximate surface area is 232 Å². The molecule has 1 heterocycles. The summed E-state index contributed by atoms with van der Waals surface area (Å²) < 4.78 is 0. The van der Waals surface area contributed by atoms with Gasteiger partial charge in [-0.1, -0.05) is 18.2 Å². The van der Waals surface area contributed by atoms with Gasteiger partial charge in [0, 0.05) is 17.1 Å². The molecule has 0 aliphatic heterocycles. The number of benzene rings is 1. The van der Waals surface area contributed by atoms with Crippen molar-refractivity contribution < 1.29 is 29.4 Å². The van der Waals surface area contributed by atoms with Crippen LogP contribution in [-0.4, -0.2) is 87.7 Å². The van der Waals surface area contributed by atoms with Gasteiger partial charge in [-0.25, -0.2) is 4.79 Å². The first-order valence-corrected chi connectivity index (χ1v) is 14.3. The number of hydrogen-bond acceptors (Lipinski definition) is 8. The number of nitrogens with one attached hydrogen (secondary N) is 4. The molecule has 10 N–H and O–H groups in total. The number of hydrogen-bond donors (Lipinski definition) is 8. The van der Waals surface area contributed by atoms with Crippen molar-refractivity contribution in [2.45, 2.75) is 69.3 Å². The fourth-order valence-corrected chi connectivity index (χ4v) is 4.56. The quantitative estimate of drug-likeness (QED) is 0.120. The molecular formula is C26H40N6O6S. The minimum atomic E-state index is -1.53. The molecule has 5 unspecified atom stereocenters. The fraction of sp³-hybridized carbons (Fsp3) is 0.538. The van der Waals surface area contributed by atoms with E-state index < -0.39 is 54.0 Å². The number of carbonyl (C=O) groups is 4. The van der Waals surface area contributed by atoms with E-state index in [0.29, 0.717) is 25.1 Å². The summed E-state index contributed by atoms with van der Waals surface area (Å²) in [5, 5.41) is 27.6. The van der Waals surface area contributed by atoms with Crippen molar-refractivity contribution in [1.29, 1.82) is 0 Å². The maximum Gasteiger partial charge on any atom is 0.328 e. The molecule has 0 saturated heterocycles. The number of unbranched alkanes of at least 4 members (excludes halogenated alkanes) is 1. The summed E-state index contributed by atoms with van der Waals surface area (Å²) in [7, 11) is 0. The van der Waals surface area contributed by atoms with E-state index in [1.807, 2.05) is 30.5 Å². The molecule has 0 radical (unpaired) electrons. The van der Waals surface area contributed by atoms with Gasteiger partial charge in [0.25, 0.3) is 0 Å². The maximum absolute atomic E-state index is 13.3. The first-order chi connectivity index (χ1) is 18.6. The first-order valence-electron chi connectivity index (χ1n) is 12.9. The summed E-state index contributed by atoms with van der Waals surface area (Å²) in [6.45, 7) is 1.66. The third kappa shape index (κ3) is 9.84. The Morgan fingerprint density at radius 1 is 1.00 bits per heavy atom. The molecule has 216 valence electrons. The number of aliphatic carboxylic acids is 1. The maximum atomic E-state index is 13.3. The molecule has 0 aliphatic rings. The Morgan fingerprint density at radius 3 is 2.28 bits per heavy atom. The molecule has 13 heteroatoms. The highest BCUT2D eigenvalue weighted by Gasteiger charge is 2.31. The lowest BCUT2D eigenvalue weighted by Gasteiger charge is -2.26. The molecule has 0 aliphatic carbocycles. The van der Waals surface area contributed by atoms with Crippen molar-refractivity contribution in [1.82, 2.24) is 20.9 Å². The highest BCUT2D eigenvalue weighted by Crippen LogP contribution is 2.19. The van der Waals surface area contributed by atoms with Crippen molar-refractivity contribution in [2.75, 3.05) is 18.6 Å². The Bertz CT molecular complexity index is 1110. The number of nitrogens with two attached hydrogens (primary N) is 2. The van der Waals surface area contributed by atoms with E-state index in [-0.39, 0.29) is 19.3 Å². The van der Waals surface area contributed by atoms with Crippen molar-refractivity contribution in [3.8, 4) is 0 Å². The van der Waals surface area contributed by atoms with E-state index >= 15 is 0 Å². The van der Waals surface area contributed by atoms with Crippen LogP contribution >= 0.6 is 11.8 Å². The van der Waals surface area contributed by atoms with Crippen LogP contribution in [0.3, 0.4) is 0 Å². The molecular weight excluding hydrogens is 524 g/mol. The van der Waals surface area contributed by atoms with Crippen LogP contribution in [0.15, 0.2) is 30.5 Å². The zero-order chi connectivity index (χ0) is 28.9. The number of fused-ring (bicyclic) bond motifs is 1. The van der Waals surface area contributed by atoms with Crippen LogP contribution in [0, 0.1) is 0 Å². The van der Waals surface area contributed by atoms with Gasteiger partial charge in [-0.05, 0) is 69.2 Å². The Kier molecular flexibility index (Phi) is 13.2. The second-order valence-corrected chi connectivity index (χ2v) is 10.4. The van der Waals surface area contributed by atoms with E-state index in [1.165, 1.54) is 18.7 Å². The number of para-hydroxylation sites is 1. The third-order valence-electron chi connectivity index (χ3n) is 6.32. The molecule has 12 nitrogen and oxygen atoms in total. The average Bonchev–Trinajstić information content (AvgIpc) is 3.30. The Hall–Kier alpha value is -3.13. The second kappa shape index (κ2) is 16.1. The standard InChI is InChI=1S/C26H40N6O6S/c1-15(33)22(26(37)38)32-25(36)21(10-12-39-2)31-24(35)20(9-5-6-11-27)30-23(34)18(28)13-16-14-29-19-8-4-3-7-17(16)19/h3-4,7-8,14-15,18,20-22,29,33H,5-6,9-13,27-28H2,1-2H3,(H,30,34)(H,31,35)(H,32,36)(H,37,38). The van der Waals surface area contributed by atoms with E-state index in [1.54, 1.807) is 6.20 Å². The van der Waals surface area contributed by atoms with E-state index in [9.17, 15) is 29.4 Å². The Balaban J connectivity index is 2.12. The van der Waals surface area contributed by atoms with Crippen molar-refractivity contribution in [2.24, 2.45) is 11.5 Å². The number of carboxylic acid groups (broad SMARTS) is 1. The van der Waals surface area contributed by atoms with Crippen molar-refractivity contribution in [3.05, 3.63) is 36.0 Å². The van der Waals surface area contributed by atoms with Gasteiger partial charge in [-0.15, -0.1) is 0 Å². The summed E-state index contributed by atoms with van der Waals surface area (Å²) in [5.74, 6) is -2.74. The summed E-state index contributed by atoms with van der Waals surface area (Å²) in [4.78, 5) is 53.7. The van der Waals surface area contributed by atoms with Crippen LogP contribution in [-0.2, 0) is 25.6 Å². The smallest absolute Gasteiger partial charge is 0.328 e. The van der Waals surface area contributed by atoms with E-state index in [2.05, 4.69) is 20.9 Å². The van der Waals surface area contributed by atoms with Crippen molar-refractivity contribution >= 4 is 46.4 Å². The zero-order valence-electron chi connectivity index (χ0n) is 22.3. The molecule has 0 bridgehead atoms. The van der Waals surface area contributed by atoms with Gasteiger partial charge in [0.15, 0.2) is 6.04 Å². The predicted octanol–water partition coefficient (Wildman–Crippen LogP) is -0.160. The molecule has 2 rings (SSSR count). The van der Waals surface area contributed by atoms with Crippen LogP contribution in [0.5, 0.6) is 0 Å². The number of carbonyl (C=O) groups excluding carboxylic acids is 3. The predicted molar refractivity (Wildman–Crippen MR) is 151 cm³/mol. The number of rotatable bonds is 17. The largest absolute Gasteiger partial charge is 0.480 e. The zero-order valence-corrected chi connectivity index (χ0v) is 23.1. The summed E-state index contributed by atoms with van der Waals surface area (Å²) in [6.07, 6.45) is 4.22. The van der Waals surface area contributed by atoms with Crippen LogP contribution < -0.4 is 27.4 Å². The van der Waals surface area contributed by atoms with Gasteiger partial charge in [0.1, 0.15) is 12.1 Å². The first kappa shape index (κ1) is 32.1. The number of thioether (sulfide) groups is 1. The molecule has 0 fully saturated rings. The summed E-state index contributed by atoms with van der Waals surface area (Å²) in [6, 6.07) is 3.15. The van der Waals surface area contributed by atoms with Crippen LogP contribution in [0.4, 0.5) is 0 Å². The Morgan fingerprint density at radius 2 is 1.64 bits per heavy atom. The molecule has 2 aromatic rings. The molecule has 1 aromatic carbocycles. The van der Waals surface area contributed by atoms with Gasteiger partial charge >= 0.3 is 5.97 Å². The summed E-state index contributed by atoms with van der Waals surface area (Å²) in [5.41, 5.74) is 13.6. The minimum absolute atomic E-state index is 0.217. The molecule has 39 heavy (non-hydrogen) atoms. The molecule has 0 saturated carbocycles. The average molecular weight is 565 g/mol. The number of aliphatic hydroxyl groups is 1. The van der Waals surface area contributed by atoms with Gasteiger partial charge in [0.05, 0.1) is 12.1 Å². The number of aromatic amines is 1. The number of amides is 3. The van der Waals surface area contributed by atoms with E-state index in [4.69, 9.17) is 11.5 Å². The molecule has 1 aromatic heterocycles. The highest BCUT2D eigenvalue weighted by molar-refractivity contribution is 7.98. The van der Waals surface area contributed by atoms with Gasteiger partial charge in [-0.2, -0.15) is 11.8 Å². The SMILES string of the molecule is CSCCC(NC(=O)C(CCCCN)NC(=O)C(N)Cc1c[nH]c2ccccc12)C(=O)NC(C(=O)O)C(C)O. The highest BCUT2D eigenvalue weighted by atomic mass is 32.2. The van der Waals surface area contributed by atoms with Gasteiger partial charge < -0.3 is 42.6 Å². The molecule has 3 amide bonds. The fourth-order valence-electron chi connectivity index (χ4n) is 4.09. The van der Waals surface area contributed by atoms with Crippen LogP contribution in [0.2, 0.25) is 0 Å². The molecule has 0 spiro atoms. The molecule has 5 atom stereocenters. The number of H-pyrrole nitrogens is 1. The normalized spacial score (nSPS) is 15.1. The van der Waals surface area contributed by atoms with E-state index in [0.717, 1.165) is 16.5 Å².